The molecule has 3 heterocycles. The average molecular weight is 498 g/mol. The van der Waals surface area contributed by atoms with Crippen molar-refractivity contribution in [1.82, 2.24) is 24.6 Å². The second kappa shape index (κ2) is 10.6. The molecule has 5 rings (SSSR count). The van der Waals surface area contributed by atoms with Crippen LogP contribution in [0.25, 0.3) is 0 Å². The van der Waals surface area contributed by atoms with Gasteiger partial charge in [0.1, 0.15) is 0 Å². The van der Waals surface area contributed by atoms with E-state index in [1.807, 2.05) is 36.9 Å². The van der Waals surface area contributed by atoms with E-state index in [9.17, 15) is 9.59 Å². The predicted octanol–water partition coefficient (Wildman–Crippen LogP) is 2.71. The quantitative estimate of drug-likeness (QED) is 0.561. The molecule has 3 fully saturated rings. The summed E-state index contributed by atoms with van der Waals surface area (Å²) in [6.07, 6.45) is 4.74. The first kappa shape index (κ1) is 24.1. The van der Waals surface area contributed by atoms with Crippen molar-refractivity contribution in [2.45, 2.75) is 50.7 Å². The molecule has 2 saturated heterocycles. The minimum atomic E-state index is -0.00838. The molecule has 1 N–H and O–H groups in total. The van der Waals surface area contributed by atoms with Gasteiger partial charge in [0.25, 0.3) is 0 Å². The molecule has 35 heavy (non-hydrogen) atoms. The normalized spacial score (nSPS) is 18.8. The maximum Gasteiger partial charge on any atom is 0.238 e. The highest BCUT2D eigenvalue weighted by molar-refractivity contribution is 7.99. The third-order valence-corrected chi connectivity index (χ3v) is 8.04. The number of rotatable bonds is 8. The SMILES string of the molecule is Cc1cccc(C)c1NC(=O)CN1CCN(C(=O)CSc2nnc(N3CCCC3)n2C2CC2)CC1. The number of hydrogen-bond acceptors (Lipinski definition) is 7. The lowest BCUT2D eigenvalue weighted by atomic mass is 10.1. The zero-order valence-corrected chi connectivity index (χ0v) is 21.5. The number of para-hydroxylation sites is 1. The van der Waals surface area contributed by atoms with Crippen molar-refractivity contribution in [3.8, 4) is 0 Å². The number of aryl methyl sites for hydroxylation is 2. The van der Waals surface area contributed by atoms with Crippen molar-refractivity contribution in [2.24, 2.45) is 0 Å². The van der Waals surface area contributed by atoms with E-state index >= 15 is 0 Å². The van der Waals surface area contributed by atoms with Crippen molar-refractivity contribution in [3.05, 3.63) is 29.3 Å². The van der Waals surface area contributed by atoms with Crippen molar-refractivity contribution >= 4 is 35.2 Å². The molecule has 1 saturated carbocycles. The van der Waals surface area contributed by atoms with Gasteiger partial charge in [-0.2, -0.15) is 0 Å². The Morgan fingerprint density at radius 3 is 2.34 bits per heavy atom. The van der Waals surface area contributed by atoms with Crippen LogP contribution in [0.2, 0.25) is 0 Å². The van der Waals surface area contributed by atoms with E-state index in [0.29, 0.717) is 44.5 Å². The molecule has 1 aromatic heterocycles. The standard InChI is InChI=1S/C25H35N7O2S/c1-18-6-5-7-19(2)23(18)26-21(33)16-29-12-14-30(15-13-29)22(34)17-35-25-28-27-24(31-10-3-4-11-31)32(25)20-8-9-20/h5-7,20H,3-4,8-17H2,1-2H3,(H,26,33). The van der Waals surface area contributed by atoms with E-state index < -0.39 is 0 Å². The lowest BCUT2D eigenvalue weighted by Gasteiger charge is -2.34. The number of hydrogen-bond donors (Lipinski definition) is 1. The maximum absolute atomic E-state index is 12.9. The molecule has 2 aliphatic heterocycles. The third kappa shape index (κ3) is 5.64. The number of thioether (sulfide) groups is 1. The van der Waals surface area contributed by atoms with Crippen LogP contribution in [0.5, 0.6) is 0 Å². The van der Waals surface area contributed by atoms with Gasteiger partial charge < -0.3 is 15.1 Å². The Morgan fingerprint density at radius 1 is 1.00 bits per heavy atom. The van der Waals surface area contributed by atoms with Gasteiger partial charge in [0.2, 0.25) is 17.8 Å². The highest BCUT2D eigenvalue weighted by atomic mass is 32.2. The molecule has 0 radical (unpaired) electrons. The van der Waals surface area contributed by atoms with Gasteiger partial charge in [-0.3, -0.25) is 19.1 Å². The van der Waals surface area contributed by atoms with Crippen LogP contribution in [0.3, 0.4) is 0 Å². The second-order valence-electron chi connectivity index (χ2n) is 9.84. The number of carbonyl (C=O) groups is 2. The fraction of sp³-hybridized carbons (Fsp3) is 0.600. The smallest absolute Gasteiger partial charge is 0.238 e. The molecule has 2 amide bonds. The number of benzene rings is 1. The Morgan fingerprint density at radius 2 is 1.69 bits per heavy atom. The zero-order valence-electron chi connectivity index (χ0n) is 20.7. The fourth-order valence-electron chi connectivity index (χ4n) is 4.92. The summed E-state index contributed by atoms with van der Waals surface area (Å²) in [6, 6.07) is 6.49. The van der Waals surface area contributed by atoms with Crippen LogP contribution in [0.1, 0.15) is 42.9 Å². The van der Waals surface area contributed by atoms with Crippen molar-refractivity contribution in [1.29, 1.82) is 0 Å². The van der Waals surface area contributed by atoms with Gasteiger partial charge in [-0.25, -0.2) is 0 Å². The summed E-state index contributed by atoms with van der Waals surface area (Å²) in [5.41, 5.74) is 3.03. The van der Waals surface area contributed by atoms with E-state index in [1.165, 1.54) is 37.4 Å². The van der Waals surface area contributed by atoms with Gasteiger partial charge in [-0.15, -0.1) is 10.2 Å². The minimum absolute atomic E-state index is 0.00838. The number of nitrogens with one attached hydrogen (secondary N) is 1. The molecular formula is C25H35N7O2S. The largest absolute Gasteiger partial charge is 0.341 e. The Labute approximate surface area is 211 Å². The van der Waals surface area contributed by atoms with E-state index in [1.54, 1.807) is 0 Å². The van der Waals surface area contributed by atoms with E-state index in [4.69, 9.17) is 0 Å². The minimum Gasteiger partial charge on any atom is -0.341 e. The Hall–Kier alpha value is -2.59. The molecule has 10 heteroatoms. The number of carbonyl (C=O) groups excluding carboxylic acids is 2. The van der Waals surface area contributed by atoms with Crippen LogP contribution in [0.15, 0.2) is 23.4 Å². The van der Waals surface area contributed by atoms with E-state index in [-0.39, 0.29) is 11.8 Å². The molecule has 9 nitrogen and oxygen atoms in total. The topological polar surface area (TPSA) is 86.6 Å². The summed E-state index contributed by atoms with van der Waals surface area (Å²) in [5, 5.41) is 12.8. The molecule has 0 bridgehead atoms. The molecule has 1 aromatic carbocycles. The van der Waals surface area contributed by atoms with Crippen LogP contribution < -0.4 is 10.2 Å². The number of anilines is 2. The summed E-state index contributed by atoms with van der Waals surface area (Å²) in [7, 11) is 0. The van der Waals surface area contributed by atoms with Gasteiger partial charge in [-0.1, -0.05) is 30.0 Å². The molecule has 2 aromatic rings. The number of amides is 2. The molecule has 0 unspecified atom stereocenters. The van der Waals surface area contributed by atoms with Gasteiger partial charge in [0.05, 0.1) is 12.3 Å². The lowest BCUT2D eigenvalue weighted by molar-refractivity contribution is -0.130. The zero-order chi connectivity index (χ0) is 24.4. The van der Waals surface area contributed by atoms with Gasteiger partial charge in [-0.05, 0) is 50.7 Å². The Kier molecular flexibility index (Phi) is 7.29. The maximum atomic E-state index is 12.9. The first-order chi connectivity index (χ1) is 17.0. The van der Waals surface area contributed by atoms with Gasteiger partial charge in [0, 0.05) is 51.0 Å². The average Bonchev–Trinajstić information content (AvgIpc) is 3.36. The monoisotopic (exact) mass is 497 g/mol. The lowest BCUT2D eigenvalue weighted by Crippen LogP contribution is -2.51. The summed E-state index contributed by atoms with van der Waals surface area (Å²) in [6.45, 7) is 9.13. The molecule has 1 aliphatic carbocycles. The highest BCUT2D eigenvalue weighted by Crippen LogP contribution is 2.41. The fourth-order valence-corrected chi connectivity index (χ4v) is 5.82. The molecule has 0 atom stereocenters. The van der Waals surface area contributed by atoms with Crippen LogP contribution in [0.4, 0.5) is 11.6 Å². The van der Waals surface area contributed by atoms with Crippen molar-refractivity contribution < 1.29 is 9.59 Å². The summed E-state index contributed by atoms with van der Waals surface area (Å²) < 4.78 is 2.26. The highest BCUT2D eigenvalue weighted by Gasteiger charge is 2.33. The van der Waals surface area contributed by atoms with Crippen LogP contribution in [0, 0.1) is 13.8 Å². The molecular weight excluding hydrogens is 462 g/mol. The Bertz CT molecular complexity index is 1050. The first-order valence-electron chi connectivity index (χ1n) is 12.7. The first-order valence-corrected chi connectivity index (χ1v) is 13.7. The summed E-state index contributed by atoms with van der Waals surface area (Å²) >= 11 is 1.51. The van der Waals surface area contributed by atoms with E-state index in [2.05, 4.69) is 29.9 Å². The number of aromatic nitrogens is 3. The third-order valence-electron chi connectivity index (χ3n) is 7.11. The Balaban J connectivity index is 1.09. The van der Waals surface area contributed by atoms with Crippen LogP contribution >= 0.6 is 11.8 Å². The predicted molar refractivity (Wildman–Crippen MR) is 138 cm³/mol. The van der Waals surface area contributed by atoms with Crippen LogP contribution in [-0.2, 0) is 9.59 Å². The molecule has 188 valence electrons. The number of nitrogens with zero attached hydrogens (tertiary/aromatic N) is 6. The van der Waals surface area contributed by atoms with Crippen molar-refractivity contribution in [3.63, 3.8) is 0 Å². The molecule has 3 aliphatic rings. The van der Waals surface area contributed by atoms with Crippen molar-refractivity contribution in [2.75, 3.05) is 61.8 Å². The number of piperazine rings is 1. The van der Waals surface area contributed by atoms with Gasteiger partial charge in [0.15, 0.2) is 5.16 Å². The summed E-state index contributed by atoms with van der Waals surface area (Å²) in [4.78, 5) is 31.9. The van der Waals surface area contributed by atoms with Gasteiger partial charge >= 0.3 is 0 Å². The second-order valence-corrected chi connectivity index (χ2v) is 10.8. The summed E-state index contributed by atoms with van der Waals surface area (Å²) in [5.74, 6) is 1.47. The van der Waals surface area contributed by atoms with Crippen LogP contribution in [-0.4, -0.2) is 87.9 Å². The van der Waals surface area contributed by atoms with E-state index in [0.717, 1.165) is 41.0 Å². The molecule has 0 spiro atoms.